The highest BCUT2D eigenvalue weighted by atomic mass is 16.7. The van der Waals surface area contributed by atoms with Crippen LogP contribution in [0.25, 0.3) is 10.8 Å². The van der Waals surface area contributed by atoms with Gasteiger partial charge in [-0.1, -0.05) is 30.3 Å². The van der Waals surface area contributed by atoms with Gasteiger partial charge in [0.1, 0.15) is 5.75 Å². The van der Waals surface area contributed by atoms with Gasteiger partial charge < -0.3 is 24.3 Å². The highest BCUT2D eigenvalue weighted by molar-refractivity contribution is 6.06. The molecule has 1 heterocycles. The normalized spacial score (nSPS) is 13.0. The van der Waals surface area contributed by atoms with E-state index in [2.05, 4.69) is 5.32 Å². The topological polar surface area (TPSA) is 83.1 Å². The van der Waals surface area contributed by atoms with Gasteiger partial charge in [0.15, 0.2) is 18.1 Å². The minimum absolute atomic E-state index is 0.190. The second-order valence-corrected chi connectivity index (χ2v) is 6.84. The molecule has 1 atom stereocenters. The van der Waals surface area contributed by atoms with Crippen LogP contribution in [0.2, 0.25) is 0 Å². The molecule has 7 nitrogen and oxygen atoms in total. The summed E-state index contributed by atoms with van der Waals surface area (Å²) in [5, 5.41) is 4.32. The number of amides is 1. The predicted octanol–water partition coefficient (Wildman–Crippen LogP) is 3.61. The van der Waals surface area contributed by atoms with Gasteiger partial charge >= 0.3 is 5.97 Å². The molecule has 0 bridgehead atoms. The van der Waals surface area contributed by atoms with Crippen LogP contribution in [-0.4, -0.2) is 32.4 Å². The zero-order valence-electron chi connectivity index (χ0n) is 16.6. The number of rotatable bonds is 6. The number of carbonyl (C=O) groups is 2. The van der Waals surface area contributed by atoms with Crippen LogP contribution >= 0.6 is 0 Å². The lowest BCUT2D eigenvalue weighted by Crippen LogP contribution is -2.31. The number of ether oxygens (including phenoxy) is 4. The molecule has 0 spiro atoms. The van der Waals surface area contributed by atoms with Gasteiger partial charge in [-0.3, -0.25) is 4.79 Å². The fourth-order valence-corrected chi connectivity index (χ4v) is 3.39. The molecule has 7 heteroatoms. The van der Waals surface area contributed by atoms with Crippen molar-refractivity contribution in [2.24, 2.45) is 0 Å². The maximum Gasteiger partial charge on any atom is 0.339 e. The van der Waals surface area contributed by atoms with Crippen LogP contribution in [0.15, 0.2) is 54.6 Å². The number of hydrogen-bond donors (Lipinski definition) is 1. The molecule has 1 amide bonds. The van der Waals surface area contributed by atoms with Crippen molar-refractivity contribution >= 4 is 22.6 Å². The summed E-state index contributed by atoms with van der Waals surface area (Å²) in [5.41, 5.74) is 1.24. The summed E-state index contributed by atoms with van der Waals surface area (Å²) in [6.07, 6.45) is 0. The summed E-state index contributed by atoms with van der Waals surface area (Å²) in [4.78, 5) is 24.9. The third kappa shape index (κ3) is 3.87. The van der Waals surface area contributed by atoms with Crippen molar-refractivity contribution in [3.63, 3.8) is 0 Å². The molecule has 154 valence electrons. The van der Waals surface area contributed by atoms with Crippen LogP contribution in [0.5, 0.6) is 17.2 Å². The van der Waals surface area contributed by atoms with Crippen molar-refractivity contribution in [3.8, 4) is 17.2 Å². The molecule has 3 aromatic carbocycles. The largest absolute Gasteiger partial charge is 0.496 e. The molecule has 30 heavy (non-hydrogen) atoms. The van der Waals surface area contributed by atoms with E-state index >= 15 is 0 Å². The van der Waals surface area contributed by atoms with E-state index in [1.165, 1.54) is 0 Å². The first-order valence-corrected chi connectivity index (χ1v) is 9.48. The Morgan fingerprint density at radius 2 is 1.80 bits per heavy atom. The quantitative estimate of drug-likeness (QED) is 0.629. The molecule has 1 N–H and O–H groups in total. The van der Waals surface area contributed by atoms with E-state index in [4.69, 9.17) is 18.9 Å². The molecular formula is C23H21NO6. The van der Waals surface area contributed by atoms with E-state index in [1.54, 1.807) is 25.3 Å². The van der Waals surface area contributed by atoms with Crippen molar-refractivity contribution < 1.29 is 28.5 Å². The zero-order valence-corrected chi connectivity index (χ0v) is 16.6. The van der Waals surface area contributed by atoms with Crippen LogP contribution < -0.4 is 19.5 Å². The summed E-state index contributed by atoms with van der Waals surface area (Å²) in [7, 11) is 1.57. The maximum absolute atomic E-state index is 12.6. The van der Waals surface area contributed by atoms with E-state index < -0.39 is 11.9 Å². The summed E-state index contributed by atoms with van der Waals surface area (Å²) in [5.74, 6) is 1.02. The number of hydrogen-bond acceptors (Lipinski definition) is 6. The van der Waals surface area contributed by atoms with Gasteiger partial charge in [0, 0.05) is 5.39 Å². The summed E-state index contributed by atoms with van der Waals surface area (Å²) < 4.78 is 21.2. The van der Waals surface area contributed by atoms with E-state index in [9.17, 15) is 9.59 Å². The van der Waals surface area contributed by atoms with Gasteiger partial charge in [0.05, 0.1) is 18.7 Å². The molecule has 4 rings (SSSR count). The first-order valence-electron chi connectivity index (χ1n) is 9.48. The van der Waals surface area contributed by atoms with E-state index in [-0.39, 0.29) is 19.4 Å². The van der Waals surface area contributed by atoms with Crippen LogP contribution in [0.1, 0.15) is 28.9 Å². The third-order valence-electron chi connectivity index (χ3n) is 4.93. The number of benzene rings is 3. The SMILES string of the molecule is COc1ccc(C(=O)OCC(=O)N[C@@H](C)c2ccc3c(c2)OCO3)c2ccccc12. The Hall–Kier alpha value is -3.74. The monoisotopic (exact) mass is 407 g/mol. The van der Waals surface area contributed by atoms with Gasteiger partial charge in [0.2, 0.25) is 6.79 Å². The van der Waals surface area contributed by atoms with Crippen molar-refractivity contribution in [1.29, 1.82) is 0 Å². The molecule has 0 unspecified atom stereocenters. The third-order valence-corrected chi connectivity index (χ3v) is 4.93. The highest BCUT2D eigenvalue weighted by Gasteiger charge is 2.19. The van der Waals surface area contributed by atoms with E-state index in [1.807, 2.05) is 43.3 Å². The summed E-state index contributed by atoms with van der Waals surface area (Å²) in [6.45, 7) is 1.65. The molecule has 3 aromatic rings. The molecule has 1 aliphatic heterocycles. The Bertz CT molecular complexity index is 1110. The second kappa shape index (κ2) is 8.32. The number of methoxy groups -OCH3 is 1. The average Bonchev–Trinajstić information content (AvgIpc) is 3.24. The first kappa shape index (κ1) is 19.6. The fraction of sp³-hybridized carbons (Fsp3) is 0.217. The van der Waals surface area contributed by atoms with Crippen LogP contribution in [0.3, 0.4) is 0 Å². The van der Waals surface area contributed by atoms with Crippen molar-refractivity contribution in [2.75, 3.05) is 20.5 Å². The van der Waals surface area contributed by atoms with E-state index in [0.717, 1.165) is 10.9 Å². The summed E-state index contributed by atoms with van der Waals surface area (Å²) in [6, 6.07) is 15.9. The Labute approximate surface area is 173 Å². The zero-order chi connectivity index (χ0) is 21.1. The average molecular weight is 407 g/mol. The Morgan fingerprint density at radius 3 is 2.60 bits per heavy atom. The number of carbonyl (C=O) groups excluding carboxylic acids is 2. The lowest BCUT2D eigenvalue weighted by atomic mass is 10.0. The maximum atomic E-state index is 12.6. The molecular weight excluding hydrogens is 386 g/mol. The van der Waals surface area contributed by atoms with Crippen LogP contribution in [0.4, 0.5) is 0 Å². The van der Waals surface area contributed by atoms with Crippen molar-refractivity contribution in [2.45, 2.75) is 13.0 Å². The Morgan fingerprint density at radius 1 is 1.03 bits per heavy atom. The minimum Gasteiger partial charge on any atom is -0.496 e. The predicted molar refractivity (Wildman–Crippen MR) is 110 cm³/mol. The lowest BCUT2D eigenvalue weighted by Gasteiger charge is -2.15. The first-order chi connectivity index (χ1) is 14.6. The van der Waals surface area contributed by atoms with Gasteiger partial charge in [0.25, 0.3) is 5.91 Å². The van der Waals surface area contributed by atoms with Crippen LogP contribution in [0, 0.1) is 0 Å². The lowest BCUT2D eigenvalue weighted by molar-refractivity contribution is -0.124. The highest BCUT2D eigenvalue weighted by Crippen LogP contribution is 2.34. The molecule has 0 saturated heterocycles. The second-order valence-electron chi connectivity index (χ2n) is 6.84. The van der Waals surface area contributed by atoms with Crippen molar-refractivity contribution in [3.05, 3.63) is 65.7 Å². The Kier molecular flexibility index (Phi) is 5.43. The number of nitrogens with one attached hydrogen (secondary N) is 1. The molecule has 0 aliphatic carbocycles. The van der Waals surface area contributed by atoms with E-state index in [0.29, 0.717) is 28.2 Å². The molecule has 0 aromatic heterocycles. The fourth-order valence-electron chi connectivity index (χ4n) is 3.39. The molecule has 1 aliphatic rings. The van der Waals surface area contributed by atoms with Gasteiger partial charge in [-0.2, -0.15) is 0 Å². The van der Waals surface area contributed by atoms with Gasteiger partial charge in [-0.25, -0.2) is 4.79 Å². The molecule has 0 fully saturated rings. The van der Waals surface area contributed by atoms with Crippen LogP contribution in [-0.2, 0) is 9.53 Å². The number of fused-ring (bicyclic) bond motifs is 2. The minimum atomic E-state index is -0.570. The standard InChI is InChI=1S/C23H21NO6/c1-14(15-7-9-20-21(11-15)30-13-29-20)24-22(25)12-28-23(26)18-8-10-19(27-2)17-6-4-3-5-16(17)18/h3-11,14H,12-13H2,1-2H3,(H,24,25)/t14-/m0/s1. The summed E-state index contributed by atoms with van der Waals surface area (Å²) >= 11 is 0. The van der Waals surface area contributed by atoms with Gasteiger partial charge in [-0.15, -0.1) is 0 Å². The number of esters is 1. The molecule has 0 radical (unpaired) electrons. The smallest absolute Gasteiger partial charge is 0.339 e. The molecule has 0 saturated carbocycles. The van der Waals surface area contributed by atoms with Crippen molar-refractivity contribution in [1.82, 2.24) is 5.32 Å². The van der Waals surface area contributed by atoms with Gasteiger partial charge in [-0.05, 0) is 42.1 Å². The Balaban J connectivity index is 1.39.